The van der Waals surface area contributed by atoms with Gasteiger partial charge in [-0.1, -0.05) is 13.3 Å². The third-order valence-corrected chi connectivity index (χ3v) is 3.74. The molecule has 0 radical (unpaired) electrons. The number of nitrogens with zero attached hydrogens (tertiary/aromatic N) is 2. The number of carbonyl (C=O) groups is 1. The van der Waals surface area contributed by atoms with Crippen LogP contribution in [-0.2, 0) is 0 Å². The second kappa shape index (κ2) is 7.33. The van der Waals surface area contributed by atoms with Gasteiger partial charge in [-0.15, -0.1) is 0 Å². The van der Waals surface area contributed by atoms with E-state index in [-0.39, 0.29) is 11.9 Å². The molecular formula is C15H22FN3O. The highest BCUT2D eigenvalue weighted by Crippen LogP contribution is 2.12. The fraction of sp³-hybridized carbons (Fsp3) is 0.600. The maximum absolute atomic E-state index is 12.7. The Morgan fingerprint density at radius 3 is 2.80 bits per heavy atom. The second-order valence-corrected chi connectivity index (χ2v) is 5.31. The maximum Gasteiger partial charge on any atom is 0.253 e. The lowest BCUT2D eigenvalue weighted by Gasteiger charge is -2.32. The molecule has 20 heavy (non-hydrogen) atoms. The molecule has 1 aliphatic rings. The van der Waals surface area contributed by atoms with Crippen LogP contribution in [-0.4, -0.2) is 41.5 Å². The topological polar surface area (TPSA) is 45.2 Å². The van der Waals surface area contributed by atoms with Crippen LogP contribution in [0, 0.1) is 5.95 Å². The maximum atomic E-state index is 12.7. The molecule has 1 aromatic rings. The molecule has 0 aromatic carbocycles. The fourth-order valence-electron chi connectivity index (χ4n) is 2.46. The number of nitrogens with one attached hydrogen (secondary N) is 1. The minimum atomic E-state index is -0.564. The third-order valence-electron chi connectivity index (χ3n) is 3.74. The molecule has 0 aliphatic carbocycles. The number of amides is 1. The highest BCUT2D eigenvalue weighted by molar-refractivity contribution is 5.94. The summed E-state index contributed by atoms with van der Waals surface area (Å²) in [6.45, 7) is 5.42. The lowest BCUT2D eigenvalue weighted by Crippen LogP contribution is -2.44. The van der Waals surface area contributed by atoms with Crippen molar-refractivity contribution in [2.45, 2.75) is 38.6 Å². The van der Waals surface area contributed by atoms with Gasteiger partial charge >= 0.3 is 0 Å². The molecular weight excluding hydrogens is 257 g/mol. The lowest BCUT2D eigenvalue weighted by atomic mass is 10.0. The van der Waals surface area contributed by atoms with Gasteiger partial charge in [-0.05, 0) is 37.9 Å². The summed E-state index contributed by atoms with van der Waals surface area (Å²) in [5.41, 5.74) is 0.416. The van der Waals surface area contributed by atoms with Crippen molar-refractivity contribution in [3.8, 4) is 0 Å². The number of aromatic nitrogens is 1. The molecule has 1 saturated heterocycles. The van der Waals surface area contributed by atoms with E-state index in [2.05, 4.69) is 22.1 Å². The van der Waals surface area contributed by atoms with Gasteiger partial charge in [0.1, 0.15) is 0 Å². The first-order valence-electron chi connectivity index (χ1n) is 7.34. The Hall–Kier alpha value is -1.49. The fourth-order valence-corrected chi connectivity index (χ4v) is 2.46. The zero-order valence-electron chi connectivity index (χ0n) is 11.9. The molecule has 0 unspecified atom stereocenters. The molecule has 2 rings (SSSR count). The largest absolute Gasteiger partial charge is 0.349 e. The zero-order chi connectivity index (χ0) is 14.4. The number of pyridine rings is 1. The normalized spacial score (nSPS) is 17.1. The van der Waals surface area contributed by atoms with Crippen LogP contribution in [0.15, 0.2) is 18.3 Å². The summed E-state index contributed by atoms with van der Waals surface area (Å²) in [6.07, 6.45) is 5.68. The standard InChI is InChI=1S/C15H22FN3O/c1-2-3-8-19-9-6-13(7-10-19)18-15(20)12-4-5-14(16)17-11-12/h4-5,11,13H,2-3,6-10H2,1H3,(H,18,20). The van der Waals surface area contributed by atoms with Crippen LogP contribution in [0.1, 0.15) is 43.0 Å². The highest BCUT2D eigenvalue weighted by atomic mass is 19.1. The Morgan fingerprint density at radius 1 is 1.45 bits per heavy atom. The minimum absolute atomic E-state index is 0.162. The molecule has 5 heteroatoms. The number of hydrogen-bond donors (Lipinski definition) is 1. The summed E-state index contributed by atoms with van der Waals surface area (Å²) in [6, 6.07) is 2.89. The van der Waals surface area contributed by atoms with Gasteiger partial charge in [-0.25, -0.2) is 4.98 Å². The van der Waals surface area contributed by atoms with Crippen LogP contribution in [0.4, 0.5) is 4.39 Å². The molecule has 1 N–H and O–H groups in total. The summed E-state index contributed by atoms with van der Waals surface area (Å²) in [5, 5.41) is 3.00. The molecule has 2 heterocycles. The first-order chi connectivity index (χ1) is 9.69. The highest BCUT2D eigenvalue weighted by Gasteiger charge is 2.20. The summed E-state index contributed by atoms with van der Waals surface area (Å²) < 4.78 is 12.7. The number of unbranched alkanes of at least 4 members (excludes halogenated alkanes) is 1. The van der Waals surface area contributed by atoms with Gasteiger partial charge in [0.2, 0.25) is 5.95 Å². The molecule has 110 valence electrons. The van der Waals surface area contributed by atoms with Gasteiger partial charge in [-0.2, -0.15) is 4.39 Å². The molecule has 0 bridgehead atoms. The van der Waals surface area contributed by atoms with Gasteiger partial charge < -0.3 is 10.2 Å². The Morgan fingerprint density at radius 2 is 2.20 bits per heavy atom. The van der Waals surface area contributed by atoms with E-state index in [4.69, 9.17) is 0 Å². The van der Waals surface area contributed by atoms with Crippen molar-refractivity contribution in [3.63, 3.8) is 0 Å². The van der Waals surface area contributed by atoms with Crippen LogP contribution in [0.25, 0.3) is 0 Å². The number of piperidine rings is 1. The number of likely N-dealkylation sites (tertiary alicyclic amines) is 1. The Kier molecular flexibility index (Phi) is 5.47. The van der Waals surface area contributed by atoms with Crippen LogP contribution in [0.5, 0.6) is 0 Å². The number of hydrogen-bond acceptors (Lipinski definition) is 3. The Balaban J connectivity index is 1.77. The monoisotopic (exact) mass is 279 g/mol. The van der Waals surface area contributed by atoms with Crippen LogP contribution < -0.4 is 5.32 Å². The van der Waals surface area contributed by atoms with Gasteiger partial charge in [0.05, 0.1) is 5.56 Å². The van der Waals surface area contributed by atoms with E-state index in [1.54, 1.807) is 0 Å². The predicted octanol–water partition coefficient (Wildman–Crippen LogP) is 2.21. The van der Waals surface area contributed by atoms with Gasteiger partial charge in [0.15, 0.2) is 0 Å². The van der Waals surface area contributed by atoms with Gasteiger partial charge in [0, 0.05) is 25.3 Å². The van der Waals surface area contributed by atoms with E-state index < -0.39 is 5.95 Å². The predicted molar refractivity (Wildman–Crippen MR) is 76.0 cm³/mol. The number of rotatable bonds is 5. The Bertz CT molecular complexity index is 427. The van der Waals surface area contributed by atoms with E-state index in [1.165, 1.54) is 31.2 Å². The number of halogens is 1. The van der Waals surface area contributed by atoms with Crippen molar-refractivity contribution < 1.29 is 9.18 Å². The molecule has 0 spiro atoms. The van der Waals surface area contributed by atoms with Crippen molar-refractivity contribution in [1.82, 2.24) is 15.2 Å². The van der Waals surface area contributed by atoms with E-state index in [0.717, 1.165) is 32.5 Å². The van der Waals surface area contributed by atoms with Gasteiger partial charge in [0.25, 0.3) is 5.91 Å². The Labute approximate surface area is 119 Å². The van der Waals surface area contributed by atoms with Crippen molar-refractivity contribution in [2.75, 3.05) is 19.6 Å². The molecule has 0 saturated carbocycles. The summed E-state index contributed by atoms with van der Waals surface area (Å²) >= 11 is 0. The lowest BCUT2D eigenvalue weighted by molar-refractivity contribution is 0.0910. The van der Waals surface area contributed by atoms with Crippen molar-refractivity contribution in [1.29, 1.82) is 0 Å². The molecule has 1 aromatic heterocycles. The van der Waals surface area contributed by atoms with E-state index in [0.29, 0.717) is 5.56 Å². The molecule has 4 nitrogen and oxygen atoms in total. The van der Waals surface area contributed by atoms with E-state index in [1.807, 2.05) is 0 Å². The first-order valence-corrected chi connectivity index (χ1v) is 7.34. The van der Waals surface area contributed by atoms with Crippen molar-refractivity contribution >= 4 is 5.91 Å². The minimum Gasteiger partial charge on any atom is -0.349 e. The van der Waals surface area contributed by atoms with Crippen molar-refractivity contribution in [3.05, 3.63) is 29.8 Å². The van der Waals surface area contributed by atoms with E-state index >= 15 is 0 Å². The van der Waals surface area contributed by atoms with Crippen LogP contribution in [0.3, 0.4) is 0 Å². The average Bonchev–Trinajstić information content (AvgIpc) is 2.47. The average molecular weight is 279 g/mol. The third kappa shape index (κ3) is 4.27. The van der Waals surface area contributed by atoms with Gasteiger partial charge in [-0.3, -0.25) is 4.79 Å². The summed E-state index contributed by atoms with van der Waals surface area (Å²) in [4.78, 5) is 17.9. The second-order valence-electron chi connectivity index (χ2n) is 5.31. The first kappa shape index (κ1) is 14.9. The van der Waals surface area contributed by atoms with Crippen LogP contribution >= 0.6 is 0 Å². The SMILES string of the molecule is CCCCN1CCC(NC(=O)c2ccc(F)nc2)CC1. The van der Waals surface area contributed by atoms with Crippen LogP contribution in [0.2, 0.25) is 0 Å². The molecule has 0 atom stereocenters. The molecule has 1 amide bonds. The smallest absolute Gasteiger partial charge is 0.253 e. The quantitative estimate of drug-likeness (QED) is 0.841. The number of carbonyl (C=O) groups excluding carboxylic acids is 1. The summed E-state index contributed by atoms with van der Waals surface area (Å²) in [5.74, 6) is -0.727. The molecule has 1 aliphatic heterocycles. The van der Waals surface area contributed by atoms with E-state index in [9.17, 15) is 9.18 Å². The zero-order valence-corrected chi connectivity index (χ0v) is 11.9. The summed E-state index contributed by atoms with van der Waals surface area (Å²) in [7, 11) is 0. The molecule has 1 fully saturated rings. The van der Waals surface area contributed by atoms with Crippen molar-refractivity contribution in [2.24, 2.45) is 0 Å².